The smallest absolute Gasteiger partial charge is 0.408 e. The summed E-state index contributed by atoms with van der Waals surface area (Å²) in [6, 6.07) is 14.9. The fourth-order valence-corrected chi connectivity index (χ4v) is 9.82. The van der Waals surface area contributed by atoms with Crippen LogP contribution in [0.5, 0.6) is 0 Å². The van der Waals surface area contributed by atoms with Gasteiger partial charge < -0.3 is 44.0 Å². The Morgan fingerprint density at radius 3 is 2.07 bits per heavy atom. The molecule has 6 rings (SSSR count). The molecule has 4 aliphatic rings. The zero-order valence-corrected chi connectivity index (χ0v) is 35.4. The fourth-order valence-electron chi connectivity index (χ4n) is 9.82. The minimum absolute atomic E-state index is 0.101. The van der Waals surface area contributed by atoms with Crippen molar-refractivity contribution in [1.82, 2.24) is 5.32 Å². The zero-order valence-electron chi connectivity index (χ0n) is 35.4. The summed E-state index contributed by atoms with van der Waals surface area (Å²) in [7, 11) is 0. The summed E-state index contributed by atoms with van der Waals surface area (Å²) in [5.41, 5.74) is -7.11. The second kappa shape index (κ2) is 16.1. The molecule has 60 heavy (non-hydrogen) atoms. The van der Waals surface area contributed by atoms with Crippen LogP contribution in [-0.2, 0) is 47.6 Å². The number of alkyl carbamates (subject to hydrolysis) is 1. The van der Waals surface area contributed by atoms with E-state index in [2.05, 4.69) is 5.32 Å². The van der Waals surface area contributed by atoms with Gasteiger partial charge in [0.15, 0.2) is 23.6 Å². The lowest BCUT2D eigenvalue weighted by Crippen LogP contribution is -2.79. The number of hydrogen-bond donors (Lipinski definition) is 3. The van der Waals surface area contributed by atoms with Crippen LogP contribution in [0.1, 0.15) is 104 Å². The number of carbonyl (C=O) groups excluding carboxylic acids is 6. The zero-order chi connectivity index (χ0) is 44.2. The first-order valence-electron chi connectivity index (χ1n) is 20.1. The average Bonchev–Trinajstić information content (AvgIpc) is 3.15. The van der Waals surface area contributed by atoms with E-state index in [1.165, 1.54) is 19.1 Å². The number of ether oxygens (including phenoxy) is 6. The highest BCUT2D eigenvalue weighted by Crippen LogP contribution is 2.64. The second-order valence-electron chi connectivity index (χ2n) is 18.1. The Morgan fingerprint density at radius 2 is 1.52 bits per heavy atom. The Morgan fingerprint density at radius 1 is 0.900 bits per heavy atom. The molecule has 15 heteroatoms. The molecule has 0 unspecified atom stereocenters. The monoisotopic (exact) mass is 833 g/mol. The van der Waals surface area contributed by atoms with Gasteiger partial charge in [-0.2, -0.15) is 0 Å². The van der Waals surface area contributed by atoms with Crippen LogP contribution in [0.25, 0.3) is 0 Å². The lowest BCUT2D eigenvalue weighted by atomic mass is 9.45. The average molecular weight is 834 g/mol. The lowest BCUT2D eigenvalue weighted by Gasteiger charge is -2.66. The number of benzene rings is 2. The number of amides is 1. The molecule has 0 aromatic heterocycles. The minimum atomic E-state index is -2.27. The van der Waals surface area contributed by atoms with Crippen LogP contribution in [0.3, 0.4) is 0 Å². The van der Waals surface area contributed by atoms with Gasteiger partial charge in [-0.25, -0.2) is 14.4 Å². The van der Waals surface area contributed by atoms with E-state index in [4.69, 9.17) is 28.4 Å². The lowest BCUT2D eigenvalue weighted by molar-refractivity contribution is -0.332. The van der Waals surface area contributed by atoms with E-state index < -0.39 is 112 Å². The van der Waals surface area contributed by atoms with E-state index in [0.717, 1.165) is 6.92 Å². The second-order valence-corrected chi connectivity index (χ2v) is 18.1. The largest absolute Gasteiger partial charge is 0.456 e. The van der Waals surface area contributed by atoms with E-state index in [9.17, 15) is 34.2 Å². The molecule has 2 aromatic rings. The molecule has 3 aliphatic carbocycles. The maximum Gasteiger partial charge on any atom is 0.408 e. The molecule has 3 N–H and O–H groups in total. The van der Waals surface area contributed by atoms with Gasteiger partial charge in [0.2, 0.25) is 0 Å². The summed E-state index contributed by atoms with van der Waals surface area (Å²) in [6.45, 7) is 13.5. The van der Waals surface area contributed by atoms with Crippen molar-refractivity contribution in [3.63, 3.8) is 0 Å². The van der Waals surface area contributed by atoms with Crippen molar-refractivity contribution in [3.8, 4) is 0 Å². The van der Waals surface area contributed by atoms with Crippen molar-refractivity contribution in [2.45, 2.75) is 135 Å². The predicted molar refractivity (Wildman–Crippen MR) is 212 cm³/mol. The summed E-state index contributed by atoms with van der Waals surface area (Å²) < 4.78 is 35.9. The number of fused-ring (bicyclic) bond motifs is 5. The molecule has 324 valence electrons. The van der Waals surface area contributed by atoms with Gasteiger partial charge in [0.05, 0.1) is 24.1 Å². The Hall–Kier alpha value is -5.12. The first-order chi connectivity index (χ1) is 28.0. The van der Waals surface area contributed by atoms with E-state index in [1.807, 2.05) is 0 Å². The van der Waals surface area contributed by atoms with Crippen LogP contribution in [0.15, 0.2) is 71.8 Å². The van der Waals surface area contributed by atoms with Gasteiger partial charge in [0.1, 0.15) is 29.5 Å². The number of esters is 4. The molecule has 2 aromatic carbocycles. The molecule has 10 atom stereocenters. The van der Waals surface area contributed by atoms with E-state index in [-0.39, 0.29) is 36.2 Å². The standard InChI is InChI=1S/C45H55NO14/c1-24-29(57-39(52)33(49)32(27-16-12-10-13-17-27)46-40(53)60-41(4,5)6)22-45(54)37(58-38(51)28-18-14-11-15-19-28)35-43(9,21-20-30-44(35,23-55-30)59-26(3)48)36(50)34(56-25(2)47)31(24)42(45,7)8/h10-19,29-30,32-35,37,49,54H,20-23H2,1-9H3,(H,46,53)/t29-,30+,32-,33+,34+,35-,37-,43+,44-,45+/m0/s1. The molecule has 15 nitrogen and oxygen atoms in total. The molecular weight excluding hydrogens is 778 g/mol. The minimum Gasteiger partial charge on any atom is -0.456 e. The summed E-state index contributed by atoms with van der Waals surface area (Å²) in [5, 5.41) is 27.9. The molecule has 2 saturated carbocycles. The van der Waals surface area contributed by atoms with Crippen LogP contribution in [0, 0.1) is 16.7 Å². The van der Waals surface area contributed by atoms with Crippen molar-refractivity contribution in [2.24, 2.45) is 16.7 Å². The molecule has 1 amide bonds. The predicted octanol–water partition coefficient (Wildman–Crippen LogP) is 4.86. The summed E-state index contributed by atoms with van der Waals surface area (Å²) in [4.78, 5) is 82.7. The van der Waals surface area contributed by atoms with Crippen molar-refractivity contribution in [3.05, 3.63) is 82.9 Å². The van der Waals surface area contributed by atoms with Crippen LogP contribution < -0.4 is 5.32 Å². The molecule has 0 spiro atoms. The number of hydrogen-bond acceptors (Lipinski definition) is 14. The normalized spacial score (nSPS) is 31.6. The highest BCUT2D eigenvalue weighted by molar-refractivity contribution is 5.95. The molecule has 2 bridgehead atoms. The van der Waals surface area contributed by atoms with Gasteiger partial charge in [-0.05, 0) is 69.4 Å². The number of ketones is 1. The van der Waals surface area contributed by atoms with Crippen molar-refractivity contribution >= 4 is 35.8 Å². The molecular formula is C45H55NO14. The van der Waals surface area contributed by atoms with E-state index >= 15 is 4.79 Å². The Balaban J connectivity index is 1.52. The number of aliphatic hydroxyl groups excluding tert-OH is 1. The Bertz CT molecular complexity index is 2060. The van der Waals surface area contributed by atoms with Gasteiger partial charge in [-0.15, -0.1) is 0 Å². The van der Waals surface area contributed by atoms with Crippen LogP contribution in [0.4, 0.5) is 4.79 Å². The number of Topliss-reactive ketones (excluding diaryl/α,β-unsaturated/α-hetero) is 1. The molecule has 1 heterocycles. The maximum absolute atomic E-state index is 15.4. The summed E-state index contributed by atoms with van der Waals surface area (Å²) >= 11 is 0. The van der Waals surface area contributed by atoms with Gasteiger partial charge >= 0.3 is 30.0 Å². The van der Waals surface area contributed by atoms with Crippen LogP contribution >= 0.6 is 0 Å². The third-order valence-corrected chi connectivity index (χ3v) is 12.7. The Labute approximate surface area is 349 Å². The molecule has 1 saturated heterocycles. The summed E-state index contributed by atoms with van der Waals surface area (Å²) in [5.74, 6) is -5.49. The topological polar surface area (TPSA) is 210 Å². The highest BCUT2D eigenvalue weighted by Gasteiger charge is 2.76. The van der Waals surface area contributed by atoms with Crippen LogP contribution in [0.2, 0.25) is 0 Å². The highest BCUT2D eigenvalue weighted by atomic mass is 16.6. The first kappa shape index (κ1) is 44.4. The van der Waals surface area contributed by atoms with Crippen LogP contribution in [-0.4, -0.2) is 99.9 Å². The number of rotatable bonds is 9. The number of aliphatic hydroxyl groups is 2. The number of carbonyl (C=O) groups is 6. The molecule has 3 fully saturated rings. The van der Waals surface area contributed by atoms with Crippen molar-refractivity contribution in [1.29, 1.82) is 0 Å². The van der Waals surface area contributed by atoms with Gasteiger partial charge in [-0.1, -0.05) is 69.3 Å². The van der Waals surface area contributed by atoms with Gasteiger partial charge in [0.25, 0.3) is 0 Å². The van der Waals surface area contributed by atoms with E-state index in [1.54, 1.807) is 97.0 Å². The third kappa shape index (κ3) is 7.82. The maximum atomic E-state index is 15.4. The fraction of sp³-hybridized carbons (Fsp3) is 0.556. The quantitative estimate of drug-likeness (QED) is 0.175. The van der Waals surface area contributed by atoms with Gasteiger partial charge in [0, 0.05) is 31.1 Å². The Kier molecular flexibility index (Phi) is 11.9. The van der Waals surface area contributed by atoms with Crippen molar-refractivity contribution in [2.75, 3.05) is 6.61 Å². The SMILES string of the molecule is CC(=O)O[C@H]1C(=O)[C@]2(C)CC[C@H]3OC[C@@]3(OC(C)=O)[C@H]2[C@H](OC(=O)c2ccccc2)[C@]2(O)C[C@H](OC(=O)[C@H](O)[C@@H](NC(=O)OC(C)(C)C)c3ccccc3)C(C)=C1C2(C)C. The molecule has 1 aliphatic heterocycles. The van der Waals surface area contributed by atoms with Gasteiger partial charge in [-0.3, -0.25) is 14.4 Å². The number of nitrogens with one attached hydrogen (secondary N) is 1. The molecule has 0 radical (unpaired) electrons. The summed E-state index contributed by atoms with van der Waals surface area (Å²) in [6.07, 6.45) is -8.55. The van der Waals surface area contributed by atoms with Crippen molar-refractivity contribution < 1.29 is 67.4 Å². The first-order valence-corrected chi connectivity index (χ1v) is 20.1. The third-order valence-electron chi connectivity index (χ3n) is 12.7. The van der Waals surface area contributed by atoms with E-state index in [0.29, 0.717) is 5.56 Å².